The highest BCUT2D eigenvalue weighted by Gasteiger charge is 2.22. The maximum Gasteiger partial charge on any atom is 0.251 e. The molecule has 0 radical (unpaired) electrons. The third kappa shape index (κ3) is 4.04. The summed E-state index contributed by atoms with van der Waals surface area (Å²) in [4.78, 5) is 25.7. The van der Waals surface area contributed by atoms with Crippen LogP contribution in [0.15, 0.2) is 18.2 Å². The van der Waals surface area contributed by atoms with Gasteiger partial charge in [0.1, 0.15) is 0 Å². The first-order valence-electron chi connectivity index (χ1n) is 7.12. The predicted molar refractivity (Wildman–Crippen MR) is 83.4 cm³/mol. The molecule has 0 saturated carbocycles. The fraction of sp³-hybridized carbons (Fsp3) is 0.500. The highest BCUT2D eigenvalue weighted by Crippen LogP contribution is 2.24. The van der Waals surface area contributed by atoms with Gasteiger partial charge in [0.05, 0.1) is 6.42 Å². The zero-order valence-corrected chi connectivity index (χ0v) is 13.1. The second-order valence-electron chi connectivity index (χ2n) is 6.68. The number of hydrogen-bond donors (Lipinski definition) is 2. The Kier molecular flexibility index (Phi) is 4.32. The number of benzene rings is 1. The third-order valence-corrected chi connectivity index (χ3v) is 3.47. The van der Waals surface area contributed by atoms with Crippen LogP contribution in [0.3, 0.4) is 0 Å². The van der Waals surface area contributed by atoms with Gasteiger partial charge in [-0.05, 0) is 37.2 Å². The van der Waals surface area contributed by atoms with Crippen LogP contribution in [0.25, 0.3) is 0 Å². The summed E-state index contributed by atoms with van der Waals surface area (Å²) in [6, 6.07) is 5.36. The molecule has 5 heteroatoms. The lowest BCUT2D eigenvalue weighted by Gasteiger charge is -2.28. The van der Waals surface area contributed by atoms with E-state index in [0.29, 0.717) is 18.5 Å². The molecule has 1 aromatic rings. The van der Waals surface area contributed by atoms with Crippen LogP contribution >= 0.6 is 0 Å². The first-order valence-corrected chi connectivity index (χ1v) is 7.12. The van der Waals surface area contributed by atoms with Crippen molar-refractivity contribution in [2.45, 2.75) is 20.3 Å². The maximum absolute atomic E-state index is 12.2. The van der Waals surface area contributed by atoms with Gasteiger partial charge >= 0.3 is 0 Å². The van der Waals surface area contributed by atoms with Crippen molar-refractivity contribution >= 4 is 17.5 Å². The lowest BCUT2D eigenvalue weighted by atomic mass is 9.93. The predicted octanol–water partition coefficient (Wildman–Crippen LogP) is 1.50. The lowest BCUT2D eigenvalue weighted by molar-refractivity contribution is -0.115. The zero-order valence-electron chi connectivity index (χ0n) is 13.1. The molecule has 0 unspecified atom stereocenters. The van der Waals surface area contributed by atoms with E-state index in [1.807, 2.05) is 20.2 Å². The largest absolute Gasteiger partial charge is 0.351 e. The van der Waals surface area contributed by atoms with E-state index in [0.717, 1.165) is 17.8 Å². The molecule has 0 aliphatic carbocycles. The van der Waals surface area contributed by atoms with Gasteiger partial charge in [-0.3, -0.25) is 9.59 Å². The third-order valence-electron chi connectivity index (χ3n) is 3.47. The van der Waals surface area contributed by atoms with Crippen LogP contribution in [0, 0.1) is 5.41 Å². The van der Waals surface area contributed by atoms with E-state index in [1.165, 1.54) is 0 Å². The molecule has 0 saturated heterocycles. The summed E-state index contributed by atoms with van der Waals surface area (Å²) in [5, 5.41) is 5.73. The van der Waals surface area contributed by atoms with Crippen molar-refractivity contribution in [3.8, 4) is 0 Å². The number of rotatable bonds is 5. The van der Waals surface area contributed by atoms with E-state index in [-0.39, 0.29) is 17.2 Å². The molecule has 2 N–H and O–H groups in total. The number of carbonyl (C=O) groups is 2. The van der Waals surface area contributed by atoms with Gasteiger partial charge in [-0.25, -0.2) is 0 Å². The summed E-state index contributed by atoms with van der Waals surface area (Å²) < 4.78 is 0. The van der Waals surface area contributed by atoms with Gasteiger partial charge < -0.3 is 15.5 Å². The Labute approximate surface area is 125 Å². The Morgan fingerprint density at radius 2 is 2.10 bits per heavy atom. The summed E-state index contributed by atoms with van der Waals surface area (Å²) in [5.74, 6) is -0.125. The number of hydrogen-bond acceptors (Lipinski definition) is 3. The van der Waals surface area contributed by atoms with Crippen LogP contribution in [0.5, 0.6) is 0 Å². The van der Waals surface area contributed by atoms with Gasteiger partial charge in [0.2, 0.25) is 5.91 Å². The monoisotopic (exact) mass is 289 g/mol. The molecule has 2 amide bonds. The molecule has 5 nitrogen and oxygen atoms in total. The average molecular weight is 289 g/mol. The fourth-order valence-electron chi connectivity index (χ4n) is 2.69. The number of carbonyl (C=O) groups excluding carboxylic acids is 2. The Balaban J connectivity index is 1.98. The molecule has 0 spiro atoms. The number of fused-ring (bicyclic) bond motifs is 1. The zero-order chi connectivity index (χ0) is 15.6. The molecule has 1 aliphatic rings. The smallest absolute Gasteiger partial charge is 0.251 e. The van der Waals surface area contributed by atoms with Crippen molar-refractivity contribution in [3.63, 3.8) is 0 Å². The minimum atomic E-state index is -0.106. The van der Waals surface area contributed by atoms with Crippen LogP contribution in [-0.2, 0) is 11.2 Å². The van der Waals surface area contributed by atoms with Crippen molar-refractivity contribution in [1.29, 1.82) is 0 Å². The topological polar surface area (TPSA) is 61.4 Å². The van der Waals surface area contributed by atoms with Crippen LogP contribution in [0.2, 0.25) is 0 Å². The minimum Gasteiger partial charge on any atom is -0.351 e. The molecule has 1 aliphatic heterocycles. The molecule has 21 heavy (non-hydrogen) atoms. The van der Waals surface area contributed by atoms with E-state index < -0.39 is 0 Å². The standard InChI is InChI=1S/C16H23N3O2/c1-16(2,10-19(3)4)9-17-15(21)12-6-5-11-8-14(20)18-13(11)7-12/h5-7H,8-10H2,1-4H3,(H,17,21)(H,18,20). The molecule has 0 aromatic heterocycles. The Morgan fingerprint density at radius 3 is 2.76 bits per heavy atom. The number of nitrogens with zero attached hydrogens (tertiary/aromatic N) is 1. The summed E-state index contributed by atoms with van der Waals surface area (Å²) in [5.41, 5.74) is 2.28. The van der Waals surface area contributed by atoms with Crippen molar-refractivity contribution in [1.82, 2.24) is 10.2 Å². The van der Waals surface area contributed by atoms with E-state index in [2.05, 4.69) is 29.4 Å². The molecule has 0 fully saturated rings. The molecule has 0 bridgehead atoms. The lowest BCUT2D eigenvalue weighted by Crippen LogP contribution is -2.39. The minimum absolute atomic E-state index is 0.00407. The second kappa shape index (κ2) is 5.85. The van der Waals surface area contributed by atoms with Gasteiger partial charge in [-0.15, -0.1) is 0 Å². The Hall–Kier alpha value is -1.88. The van der Waals surface area contributed by atoms with Gasteiger partial charge in [0.15, 0.2) is 0 Å². The first-order chi connectivity index (χ1) is 9.77. The van der Waals surface area contributed by atoms with Gasteiger partial charge in [-0.2, -0.15) is 0 Å². The average Bonchev–Trinajstić information content (AvgIpc) is 2.73. The molecular weight excluding hydrogens is 266 g/mol. The SMILES string of the molecule is CN(C)CC(C)(C)CNC(=O)c1ccc2c(c1)NC(=O)C2. The summed E-state index contributed by atoms with van der Waals surface area (Å²) >= 11 is 0. The van der Waals surface area contributed by atoms with Crippen LogP contribution in [0.1, 0.15) is 29.8 Å². The molecule has 1 aromatic carbocycles. The van der Waals surface area contributed by atoms with E-state index in [4.69, 9.17) is 0 Å². The van der Waals surface area contributed by atoms with Crippen molar-refractivity contribution < 1.29 is 9.59 Å². The summed E-state index contributed by atoms with van der Waals surface area (Å²) in [6.45, 7) is 5.74. The van der Waals surface area contributed by atoms with Gasteiger partial charge in [-0.1, -0.05) is 19.9 Å². The number of nitrogens with one attached hydrogen (secondary N) is 2. The normalized spacial score (nSPS) is 14.0. The van der Waals surface area contributed by atoms with Crippen molar-refractivity contribution in [3.05, 3.63) is 29.3 Å². The van der Waals surface area contributed by atoms with E-state index in [9.17, 15) is 9.59 Å². The van der Waals surface area contributed by atoms with E-state index >= 15 is 0 Å². The van der Waals surface area contributed by atoms with E-state index in [1.54, 1.807) is 12.1 Å². The van der Waals surface area contributed by atoms with Crippen LogP contribution in [0.4, 0.5) is 5.69 Å². The molecule has 114 valence electrons. The Morgan fingerprint density at radius 1 is 1.38 bits per heavy atom. The summed E-state index contributed by atoms with van der Waals surface area (Å²) in [6.07, 6.45) is 0.396. The summed E-state index contributed by atoms with van der Waals surface area (Å²) in [7, 11) is 4.04. The van der Waals surface area contributed by atoms with Gasteiger partial charge in [0, 0.05) is 24.3 Å². The molecule has 0 atom stereocenters. The van der Waals surface area contributed by atoms with Crippen LogP contribution in [-0.4, -0.2) is 43.9 Å². The van der Waals surface area contributed by atoms with Crippen LogP contribution < -0.4 is 10.6 Å². The number of amides is 2. The molecule has 2 rings (SSSR count). The number of anilines is 1. The fourth-order valence-corrected chi connectivity index (χ4v) is 2.69. The quantitative estimate of drug-likeness (QED) is 0.863. The Bertz CT molecular complexity index is 565. The highest BCUT2D eigenvalue weighted by atomic mass is 16.2. The maximum atomic E-state index is 12.2. The van der Waals surface area contributed by atoms with Gasteiger partial charge in [0.25, 0.3) is 5.91 Å². The second-order valence-corrected chi connectivity index (χ2v) is 6.68. The van der Waals surface area contributed by atoms with Crippen molar-refractivity contribution in [2.75, 3.05) is 32.5 Å². The molecular formula is C16H23N3O2. The highest BCUT2D eigenvalue weighted by molar-refractivity contribution is 6.02. The molecule has 1 heterocycles. The first kappa shape index (κ1) is 15.5. The van der Waals surface area contributed by atoms with Crippen molar-refractivity contribution in [2.24, 2.45) is 5.41 Å².